The van der Waals surface area contributed by atoms with Crippen LogP contribution in [0.25, 0.3) is 0 Å². The number of carbonyl (C=O) groups is 1. The van der Waals surface area contributed by atoms with E-state index >= 15 is 0 Å². The molecule has 0 heterocycles. The molecule has 0 amide bonds. The van der Waals surface area contributed by atoms with Gasteiger partial charge in [0.1, 0.15) is 12.3 Å². The van der Waals surface area contributed by atoms with Crippen LogP contribution in [-0.2, 0) is 9.63 Å². The first kappa shape index (κ1) is 18.4. The Morgan fingerprint density at radius 2 is 2.30 bits per heavy atom. The number of nitrogens with two attached hydrogens (primary N) is 1. The van der Waals surface area contributed by atoms with E-state index in [4.69, 9.17) is 16.0 Å². The second-order valence-corrected chi connectivity index (χ2v) is 4.17. The monoisotopic (exact) mass is 288 g/mol. The van der Waals surface area contributed by atoms with Crippen molar-refractivity contribution < 1.29 is 19.8 Å². The van der Waals surface area contributed by atoms with Gasteiger partial charge in [-0.05, 0) is 19.3 Å². The number of carboxylic acids is 1. The summed E-state index contributed by atoms with van der Waals surface area (Å²) >= 11 is 0. The molecule has 8 nitrogen and oxygen atoms in total. The zero-order chi connectivity index (χ0) is 15.5. The minimum atomic E-state index is -1.08. The first-order valence-corrected chi connectivity index (χ1v) is 6.44. The number of rotatable bonds is 11. The zero-order valence-electron chi connectivity index (χ0n) is 11.7. The fraction of sp³-hybridized carbons (Fsp3) is 0.667. The summed E-state index contributed by atoms with van der Waals surface area (Å²) < 4.78 is 0. The van der Waals surface area contributed by atoms with Crippen molar-refractivity contribution in [1.29, 1.82) is 5.41 Å². The highest BCUT2D eigenvalue weighted by atomic mass is 16.7. The molecular formula is C12H24N4O4. The largest absolute Gasteiger partial charge is 0.480 e. The number of hydroxylamine groups is 2. The number of aliphatic hydroxyl groups is 1. The number of hydrogen-bond acceptors (Lipinski definition) is 5. The normalized spacial score (nSPS) is 13.8. The summed E-state index contributed by atoms with van der Waals surface area (Å²) in [5.41, 5.74) is 5.13. The summed E-state index contributed by atoms with van der Waals surface area (Å²) in [7, 11) is 0. The molecule has 0 spiro atoms. The second-order valence-electron chi connectivity index (χ2n) is 4.17. The molecule has 0 aromatic rings. The highest BCUT2D eigenvalue weighted by Crippen LogP contribution is 2.13. The molecule has 0 saturated heterocycles. The summed E-state index contributed by atoms with van der Waals surface area (Å²) in [5, 5.41) is 29.8. The average Bonchev–Trinajstić information content (AvgIpc) is 2.39. The van der Waals surface area contributed by atoms with Gasteiger partial charge in [-0.15, -0.1) is 11.6 Å². The van der Waals surface area contributed by atoms with Gasteiger partial charge in [0.2, 0.25) is 0 Å². The van der Waals surface area contributed by atoms with Gasteiger partial charge in [0.05, 0.1) is 6.61 Å². The predicted molar refractivity (Wildman–Crippen MR) is 74.9 cm³/mol. The van der Waals surface area contributed by atoms with E-state index in [1.54, 1.807) is 6.92 Å². The second kappa shape index (κ2) is 10.2. The van der Waals surface area contributed by atoms with Crippen LogP contribution in [0.15, 0.2) is 12.7 Å². The summed E-state index contributed by atoms with van der Waals surface area (Å²) in [6.45, 7) is 5.72. The van der Waals surface area contributed by atoms with Crippen LogP contribution in [0.1, 0.15) is 26.2 Å². The SMILES string of the molecule is C=CCON(C(O)CC)C(CCCNC(=N)N)C(=O)O. The third-order valence-corrected chi connectivity index (χ3v) is 2.56. The van der Waals surface area contributed by atoms with Gasteiger partial charge in [0.25, 0.3) is 0 Å². The quantitative estimate of drug-likeness (QED) is 0.0892. The van der Waals surface area contributed by atoms with Crippen molar-refractivity contribution >= 4 is 11.9 Å². The Morgan fingerprint density at radius 1 is 1.65 bits per heavy atom. The van der Waals surface area contributed by atoms with Crippen molar-refractivity contribution in [2.75, 3.05) is 13.2 Å². The molecule has 0 saturated carbocycles. The molecule has 6 N–H and O–H groups in total. The molecule has 2 atom stereocenters. The Labute approximate surface area is 118 Å². The van der Waals surface area contributed by atoms with Crippen LogP contribution in [0.4, 0.5) is 0 Å². The number of nitrogens with zero attached hydrogens (tertiary/aromatic N) is 1. The van der Waals surface area contributed by atoms with Gasteiger partial charge in [-0.3, -0.25) is 15.0 Å². The Bertz CT molecular complexity index is 325. The number of hydrogen-bond donors (Lipinski definition) is 5. The summed E-state index contributed by atoms with van der Waals surface area (Å²) in [4.78, 5) is 16.5. The Hall–Kier alpha value is -1.64. The topological polar surface area (TPSA) is 132 Å². The van der Waals surface area contributed by atoms with E-state index in [1.165, 1.54) is 6.08 Å². The molecule has 0 bridgehead atoms. The van der Waals surface area contributed by atoms with Crippen molar-refractivity contribution in [2.24, 2.45) is 5.73 Å². The fourth-order valence-corrected chi connectivity index (χ4v) is 1.58. The smallest absolute Gasteiger partial charge is 0.323 e. The summed E-state index contributed by atoms with van der Waals surface area (Å²) in [5.74, 6) is -1.24. The number of nitrogens with one attached hydrogen (secondary N) is 2. The first-order valence-electron chi connectivity index (χ1n) is 6.44. The molecule has 0 rings (SSSR count). The molecule has 0 aromatic carbocycles. The zero-order valence-corrected chi connectivity index (χ0v) is 11.7. The van der Waals surface area contributed by atoms with Gasteiger partial charge < -0.3 is 21.3 Å². The van der Waals surface area contributed by atoms with E-state index in [2.05, 4.69) is 11.9 Å². The fourth-order valence-electron chi connectivity index (χ4n) is 1.58. The number of guanidine groups is 1. The van der Waals surface area contributed by atoms with E-state index in [0.717, 1.165) is 5.06 Å². The van der Waals surface area contributed by atoms with Crippen molar-refractivity contribution in [2.45, 2.75) is 38.5 Å². The lowest BCUT2D eigenvalue weighted by atomic mass is 10.1. The standard InChI is InChI=1S/C12H24N4O4/c1-3-8-20-16(10(17)4-2)9(11(18)19)6-5-7-15-12(13)14/h3,9-10,17H,1,4-8H2,2H3,(H,18,19)(H4,13,14,15). The van der Waals surface area contributed by atoms with Crippen molar-refractivity contribution in [3.63, 3.8) is 0 Å². The van der Waals surface area contributed by atoms with Crippen LogP contribution < -0.4 is 11.1 Å². The molecule has 0 aliphatic rings. The molecule has 8 heteroatoms. The molecule has 20 heavy (non-hydrogen) atoms. The lowest BCUT2D eigenvalue weighted by Gasteiger charge is -2.31. The van der Waals surface area contributed by atoms with Crippen LogP contribution in [0.2, 0.25) is 0 Å². The van der Waals surface area contributed by atoms with Gasteiger partial charge >= 0.3 is 5.97 Å². The predicted octanol–water partition coefficient (Wildman–Crippen LogP) is -0.149. The van der Waals surface area contributed by atoms with Crippen molar-refractivity contribution in [1.82, 2.24) is 10.4 Å². The minimum Gasteiger partial charge on any atom is -0.480 e. The van der Waals surface area contributed by atoms with Crippen LogP contribution in [0.5, 0.6) is 0 Å². The molecule has 0 aliphatic heterocycles. The van der Waals surface area contributed by atoms with Gasteiger partial charge in [-0.2, -0.15) is 0 Å². The van der Waals surface area contributed by atoms with Crippen molar-refractivity contribution in [3.05, 3.63) is 12.7 Å². The van der Waals surface area contributed by atoms with Gasteiger partial charge in [-0.25, -0.2) is 0 Å². The van der Waals surface area contributed by atoms with Crippen LogP contribution >= 0.6 is 0 Å². The number of aliphatic carboxylic acids is 1. The first-order chi connectivity index (χ1) is 9.43. The van der Waals surface area contributed by atoms with Crippen LogP contribution in [-0.4, -0.2) is 52.6 Å². The van der Waals surface area contributed by atoms with E-state index in [9.17, 15) is 15.0 Å². The highest BCUT2D eigenvalue weighted by Gasteiger charge is 2.30. The minimum absolute atomic E-state index is 0.118. The average molecular weight is 288 g/mol. The molecule has 116 valence electrons. The summed E-state index contributed by atoms with van der Waals surface area (Å²) in [6, 6.07) is -0.973. The molecule has 0 aliphatic carbocycles. The van der Waals surface area contributed by atoms with Gasteiger partial charge in [-0.1, -0.05) is 13.0 Å². The maximum atomic E-state index is 11.3. The molecule has 0 aromatic heterocycles. The Kier molecular flexibility index (Phi) is 9.35. The lowest BCUT2D eigenvalue weighted by molar-refractivity contribution is -0.257. The lowest BCUT2D eigenvalue weighted by Crippen LogP contribution is -2.47. The number of aliphatic hydroxyl groups excluding tert-OH is 1. The van der Waals surface area contributed by atoms with Crippen molar-refractivity contribution in [3.8, 4) is 0 Å². The number of carboxylic acid groups (broad SMARTS) is 1. The maximum absolute atomic E-state index is 11.3. The molecule has 0 fully saturated rings. The molecule has 2 unspecified atom stereocenters. The van der Waals surface area contributed by atoms with E-state index < -0.39 is 18.2 Å². The van der Waals surface area contributed by atoms with E-state index in [-0.39, 0.29) is 19.0 Å². The molecular weight excluding hydrogens is 264 g/mol. The van der Waals surface area contributed by atoms with E-state index in [1.807, 2.05) is 0 Å². The Balaban J connectivity index is 4.58. The van der Waals surface area contributed by atoms with Gasteiger partial charge in [0, 0.05) is 6.54 Å². The molecule has 0 radical (unpaired) electrons. The van der Waals surface area contributed by atoms with Gasteiger partial charge in [0.15, 0.2) is 5.96 Å². The van der Waals surface area contributed by atoms with E-state index in [0.29, 0.717) is 19.4 Å². The van der Waals surface area contributed by atoms with Crippen LogP contribution in [0.3, 0.4) is 0 Å². The summed E-state index contributed by atoms with van der Waals surface area (Å²) in [6.07, 6.45) is 1.54. The highest BCUT2D eigenvalue weighted by molar-refractivity contribution is 5.74. The Morgan fingerprint density at radius 3 is 2.75 bits per heavy atom. The van der Waals surface area contributed by atoms with Crippen LogP contribution in [0, 0.1) is 5.41 Å². The third kappa shape index (κ3) is 7.07. The third-order valence-electron chi connectivity index (χ3n) is 2.56. The maximum Gasteiger partial charge on any atom is 0.323 e.